The van der Waals surface area contributed by atoms with Gasteiger partial charge in [-0.15, -0.1) is 0 Å². The molecule has 1 fully saturated rings. The first-order chi connectivity index (χ1) is 6.27. The summed E-state index contributed by atoms with van der Waals surface area (Å²) in [4.78, 5) is 11.0. The summed E-state index contributed by atoms with van der Waals surface area (Å²) in [5.74, 6) is -0.297. The fourth-order valence-corrected chi connectivity index (χ4v) is 1.23. The SMILES string of the molecule is C[C@@H]1OC(c2ccccc2)OC1=O. The summed E-state index contributed by atoms with van der Waals surface area (Å²) in [5.41, 5.74) is 0.875. The molecule has 0 N–H and O–H groups in total. The first-order valence-electron chi connectivity index (χ1n) is 4.18. The van der Waals surface area contributed by atoms with Crippen molar-refractivity contribution in [1.82, 2.24) is 0 Å². The molecule has 3 nitrogen and oxygen atoms in total. The molecule has 0 amide bonds. The predicted octanol–water partition coefficient (Wildman–Crippen LogP) is 1.65. The molecule has 13 heavy (non-hydrogen) atoms. The summed E-state index contributed by atoms with van der Waals surface area (Å²) in [6.45, 7) is 1.69. The van der Waals surface area contributed by atoms with E-state index in [0.29, 0.717) is 0 Å². The monoisotopic (exact) mass is 178 g/mol. The molecule has 1 aromatic carbocycles. The molecule has 0 spiro atoms. The van der Waals surface area contributed by atoms with Gasteiger partial charge in [-0.1, -0.05) is 30.3 Å². The van der Waals surface area contributed by atoms with Crippen LogP contribution in [-0.2, 0) is 14.3 Å². The normalized spacial score (nSPS) is 27.3. The minimum Gasteiger partial charge on any atom is -0.429 e. The van der Waals surface area contributed by atoms with Gasteiger partial charge in [0.2, 0.25) is 6.29 Å². The van der Waals surface area contributed by atoms with Gasteiger partial charge in [0.15, 0.2) is 6.10 Å². The van der Waals surface area contributed by atoms with Gasteiger partial charge in [-0.3, -0.25) is 0 Å². The van der Waals surface area contributed by atoms with Crippen LogP contribution in [0.15, 0.2) is 30.3 Å². The number of cyclic esters (lactones) is 1. The van der Waals surface area contributed by atoms with Crippen LogP contribution in [-0.4, -0.2) is 12.1 Å². The first kappa shape index (κ1) is 8.26. The van der Waals surface area contributed by atoms with E-state index in [9.17, 15) is 4.79 Å². The second-order valence-corrected chi connectivity index (χ2v) is 2.96. The Hall–Kier alpha value is -1.35. The lowest BCUT2D eigenvalue weighted by Crippen LogP contribution is -2.09. The fraction of sp³-hybridized carbons (Fsp3) is 0.300. The first-order valence-corrected chi connectivity index (χ1v) is 4.18. The Labute approximate surface area is 76.3 Å². The molecule has 2 rings (SSSR count). The molecule has 1 aromatic rings. The standard InChI is InChI=1S/C10H10O3/c1-7-9(11)13-10(12-7)8-5-3-2-4-6-8/h2-7,10H,1H3/t7-,10?/m0/s1. The topological polar surface area (TPSA) is 35.5 Å². The number of esters is 1. The molecule has 1 aliphatic rings. The summed E-state index contributed by atoms with van der Waals surface area (Å²) in [6.07, 6.45) is -0.978. The van der Waals surface area contributed by atoms with Gasteiger partial charge in [-0.05, 0) is 6.92 Å². The number of carbonyl (C=O) groups is 1. The Balaban J connectivity index is 2.17. The lowest BCUT2D eigenvalue weighted by atomic mass is 10.2. The van der Waals surface area contributed by atoms with Crippen molar-refractivity contribution in [3.8, 4) is 0 Å². The quantitative estimate of drug-likeness (QED) is 0.613. The van der Waals surface area contributed by atoms with Gasteiger partial charge in [0.05, 0.1) is 0 Å². The second-order valence-electron chi connectivity index (χ2n) is 2.96. The predicted molar refractivity (Wildman–Crippen MR) is 45.8 cm³/mol. The number of benzene rings is 1. The zero-order valence-corrected chi connectivity index (χ0v) is 7.27. The van der Waals surface area contributed by atoms with E-state index in [4.69, 9.17) is 9.47 Å². The van der Waals surface area contributed by atoms with Gasteiger partial charge in [-0.25, -0.2) is 4.79 Å². The Morgan fingerprint density at radius 2 is 1.92 bits per heavy atom. The summed E-state index contributed by atoms with van der Waals surface area (Å²) in [7, 11) is 0. The highest BCUT2D eigenvalue weighted by molar-refractivity contribution is 5.75. The summed E-state index contributed by atoms with van der Waals surface area (Å²) >= 11 is 0. The van der Waals surface area contributed by atoms with Crippen LogP contribution in [0.1, 0.15) is 18.8 Å². The molecule has 0 saturated carbocycles. The highest BCUT2D eigenvalue weighted by Gasteiger charge is 2.32. The molecular formula is C10H10O3. The number of hydrogen-bond donors (Lipinski definition) is 0. The van der Waals surface area contributed by atoms with Crippen molar-refractivity contribution in [2.75, 3.05) is 0 Å². The van der Waals surface area contributed by atoms with E-state index >= 15 is 0 Å². The minimum absolute atomic E-state index is 0.297. The lowest BCUT2D eigenvalue weighted by molar-refractivity contribution is -0.144. The molecule has 0 aromatic heterocycles. The van der Waals surface area contributed by atoms with E-state index in [0.717, 1.165) is 5.56 Å². The van der Waals surface area contributed by atoms with E-state index in [2.05, 4.69) is 0 Å². The minimum atomic E-state index is -0.524. The van der Waals surface area contributed by atoms with Crippen molar-refractivity contribution in [2.24, 2.45) is 0 Å². The largest absolute Gasteiger partial charge is 0.429 e. The zero-order valence-electron chi connectivity index (χ0n) is 7.27. The smallest absolute Gasteiger partial charge is 0.337 e. The fourth-order valence-electron chi connectivity index (χ4n) is 1.23. The summed E-state index contributed by atoms with van der Waals surface area (Å²) < 4.78 is 10.3. The number of ether oxygens (including phenoxy) is 2. The Bertz CT molecular complexity index is 307. The van der Waals surface area contributed by atoms with Crippen LogP contribution in [0.3, 0.4) is 0 Å². The summed E-state index contributed by atoms with van der Waals surface area (Å²) in [5, 5.41) is 0. The summed E-state index contributed by atoms with van der Waals surface area (Å²) in [6, 6.07) is 9.42. The molecule has 1 unspecified atom stereocenters. The van der Waals surface area contributed by atoms with Crippen LogP contribution in [0.25, 0.3) is 0 Å². The van der Waals surface area contributed by atoms with Gasteiger partial charge in [0.25, 0.3) is 0 Å². The van der Waals surface area contributed by atoms with Crippen molar-refractivity contribution in [3.05, 3.63) is 35.9 Å². The van der Waals surface area contributed by atoms with E-state index < -0.39 is 12.4 Å². The number of carbonyl (C=O) groups excluding carboxylic acids is 1. The molecule has 0 radical (unpaired) electrons. The molecule has 0 aliphatic carbocycles. The Kier molecular flexibility index (Phi) is 2.02. The van der Waals surface area contributed by atoms with Crippen molar-refractivity contribution in [2.45, 2.75) is 19.3 Å². The van der Waals surface area contributed by atoms with Crippen molar-refractivity contribution in [1.29, 1.82) is 0 Å². The third-order valence-electron chi connectivity index (χ3n) is 1.95. The van der Waals surface area contributed by atoms with Crippen molar-refractivity contribution >= 4 is 5.97 Å². The molecule has 68 valence electrons. The van der Waals surface area contributed by atoms with Crippen LogP contribution < -0.4 is 0 Å². The average molecular weight is 178 g/mol. The third-order valence-corrected chi connectivity index (χ3v) is 1.95. The van der Waals surface area contributed by atoms with Gasteiger partial charge in [-0.2, -0.15) is 0 Å². The molecule has 2 atom stereocenters. The molecule has 0 bridgehead atoms. The van der Waals surface area contributed by atoms with E-state index in [1.165, 1.54) is 0 Å². The van der Waals surface area contributed by atoms with Crippen molar-refractivity contribution in [3.63, 3.8) is 0 Å². The van der Waals surface area contributed by atoms with Gasteiger partial charge < -0.3 is 9.47 Å². The maximum Gasteiger partial charge on any atom is 0.337 e. The highest BCUT2D eigenvalue weighted by atomic mass is 16.7. The number of rotatable bonds is 1. The van der Waals surface area contributed by atoms with E-state index in [1.807, 2.05) is 30.3 Å². The van der Waals surface area contributed by atoms with E-state index in [1.54, 1.807) is 6.92 Å². The maximum atomic E-state index is 11.0. The highest BCUT2D eigenvalue weighted by Crippen LogP contribution is 2.26. The second kappa shape index (κ2) is 3.18. The molecule has 1 heterocycles. The van der Waals surface area contributed by atoms with Crippen LogP contribution in [0.2, 0.25) is 0 Å². The van der Waals surface area contributed by atoms with Gasteiger partial charge >= 0.3 is 5.97 Å². The van der Waals surface area contributed by atoms with Crippen LogP contribution in [0.4, 0.5) is 0 Å². The van der Waals surface area contributed by atoms with Crippen LogP contribution in [0.5, 0.6) is 0 Å². The lowest BCUT2D eigenvalue weighted by Gasteiger charge is -2.07. The number of hydrogen-bond acceptors (Lipinski definition) is 3. The third kappa shape index (κ3) is 1.55. The van der Waals surface area contributed by atoms with Crippen molar-refractivity contribution < 1.29 is 14.3 Å². The van der Waals surface area contributed by atoms with Crippen LogP contribution >= 0.6 is 0 Å². The van der Waals surface area contributed by atoms with Crippen LogP contribution in [0, 0.1) is 0 Å². The average Bonchev–Trinajstić information content (AvgIpc) is 2.49. The van der Waals surface area contributed by atoms with Gasteiger partial charge in [0, 0.05) is 5.56 Å². The molecule has 1 aliphatic heterocycles. The van der Waals surface area contributed by atoms with Gasteiger partial charge in [0.1, 0.15) is 0 Å². The zero-order chi connectivity index (χ0) is 9.26. The van der Waals surface area contributed by atoms with E-state index in [-0.39, 0.29) is 5.97 Å². The Morgan fingerprint density at radius 1 is 1.23 bits per heavy atom. The molecular weight excluding hydrogens is 168 g/mol. The maximum absolute atomic E-state index is 11.0. The molecule has 3 heteroatoms. The Morgan fingerprint density at radius 3 is 2.46 bits per heavy atom. The molecule has 1 saturated heterocycles.